The smallest absolute Gasteiger partial charge is 0.241 e. The Bertz CT molecular complexity index is 410. The van der Waals surface area contributed by atoms with Crippen molar-refractivity contribution in [1.82, 2.24) is 15.1 Å². The summed E-state index contributed by atoms with van der Waals surface area (Å²) in [7, 11) is 0. The lowest BCUT2D eigenvalue weighted by Crippen LogP contribution is -2.44. The van der Waals surface area contributed by atoms with Crippen LogP contribution in [0.2, 0.25) is 0 Å². The monoisotopic (exact) mass is 321 g/mol. The van der Waals surface area contributed by atoms with Gasteiger partial charge < -0.3 is 10.2 Å². The third kappa shape index (κ3) is 5.20. The molecule has 1 heterocycles. The summed E-state index contributed by atoms with van der Waals surface area (Å²) in [5.74, 6) is 0.852. The second kappa shape index (κ2) is 8.13. The number of nitrogens with one attached hydrogen (secondary N) is 1. The molecule has 0 aromatic heterocycles. The van der Waals surface area contributed by atoms with Crippen LogP contribution in [-0.2, 0) is 9.59 Å². The van der Waals surface area contributed by atoms with Crippen LogP contribution in [0.25, 0.3) is 0 Å². The van der Waals surface area contributed by atoms with Gasteiger partial charge in [0.05, 0.1) is 13.1 Å². The largest absolute Gasteiger partial charge is 0.346 e. The minimum Gasteiger partial charge on any atom is -0.346 e. The van der Waals surface area contributed by atoms with Crippen molar-refractivity contribution < 1.29 is 9.59 Å². The second-order valence-corrected chi connectivity index (χ2v) is 7.53. The quantitative estimate of drug-likeness (QED) is 0.777. The van der Waals surface area contributed by atoms with Crippen molar-refractivity contribution in [3.8, 4) is 0 Å². The van der Waals surface area contributed by atoms with E-state index in [9.17, 15) is 9.59 Å². The Morgan fingerprint density at radius 3 is 2.30 bits per heavy atom. The number of rotatable bonds is 7. The molecule has 2 saturated carbocycles. The molecule has 23 heavy (non-hydrogen) atoms. The molecule has 3 aliphatic rings. The molecule has 2 amide bonds. The highest BCUT2D eigenvalue weighted by Crippen LogP contribution is 2.31. The third-order valence-corrected chi connectivity index (χ3v) is 5.52. The topological polar surface area (TPSA) is 52.7 Å². The molecule has 0 unspecified atom stereocenters. The summed E-state index contributed by atoms with van der Waals surface area (Å²) in [6.07, 6.45) is 11.3. The number of carbonyl (C=O) groups excluding carboxylic acids is 2. The lowest BCUT2D eigenvalue weighted by Gasteiger charge is -2.29. The Kier molecular flexibility index (Phi) is 5.92. The van der Waals surface area contributed by atoms with Gasteiger partial charge in [0, 0.05) is 25.7 Å². The highest BCUT2D eigenvalue weighted by atomic mass is 16.2. The highest BCUT2D eigenvalue weighted by molar-refractivity contribution is 5.85. The predicted molar refractivity (Wildman–Crippen MR) is 90.0 cm³/mol. The number of hydrogen-bond donors (Lipinski definition) is 1. The molecule has 130 valence electrons. The van der Waals surface area contributed by atoms with E-state index < -0.39 is 0 Å². The van der Waals surface area contributed by atoms with Crippen LogP contribution < -0.4 is 5.32 Å². The van der Waals surface area contributed by atoms with E-state index in [0.717, 1.165) is 38.4 Å². The Balaban J connectivity index is 1.39. The third-order valence-electron chi connectivity index (χ3n) is 5.52. The average molecular weight is 321 g/mol. The molecule has 3 rings (SSSR count). The first-order valence-electron chi connectivity index (χ1n) is 9.51. The SMILES string of the molecule is O=C(CN(CC1CCCCC1)C1CC1)NCC(=O)N1CCCC1. The van der Waals surface area contributed by atoms with Crippen LogP contribution in [0.4, 0.5) is 0 Å². The molecule has 5 nitrogen and oxygen atoms in total. The summed E-state index contributed by atoms with van der Waals surface area (Å²) in [6.45, 7) is 3.41. The number of carbonyl (C=O) groups is 2. The van der Waals surface area contributed by atoms with Gasteiger partial charge in [-0.25, -0.2) is 0 Å². The van der Waals surface area contributed by atoms with Crippen LogP contribution in [-0.4, -0.2) is 60.4 Å². The van der Waals surface area contributed by atoms with Crippen LogP contribution >= 0.6 is 0 Å². The van der Waals surface area contributed by atoms with Gasteiger partial charge in [0.1, 0.15) is 0 Å². The molecule has 0 radical (unpaired) electrons. The van der Waals surface area contributed by atoms with Gasteiger partial charge in [0.15, 0.2) is 0 Å². The molecule has 2 aliphatic carbocycles. The molecule has 1 N–H and O–H groups in total. The molecule has 0 aromatic carbocycles. The zero-order valence-corrected chi connectivity index (χ0v) is 14.3. The van der Waals surface area contributed by atoms with Gasteiger partial charge in [0.25, 0.3) is 0 Å². The lowest BCUT2D eigenvalue weighted by molar-refractivity contribution is -0.132. The Morgan fingerprint density at radius 1 is 0.957 bits per heavy atom. The van der Waals surface area contributed by atoms with E-state index in [0.29, 0.717) is 12.6 Å². The molecule has 0 spiro atoms. The first-order chi connectivity index (χ1) is 11.2. The van der Waals surface area contributed by atoms with Crippen molar-refractivity contribution >= 4 is 11.8 Å². The van der Waals surface area contributed by atoms with Gasteiger partial charge in [-0.3, -0.25) is 14.5 Å². The van der Waals surface area contributed by atoms with Crippen LogP contribution in [0.5, 0.6) is 0 Å². The molecular weight excluding hydrogens is 290 g/mol. The molecule has 1 aliphatic heterocycles. The first kappa shape index (κ1) is 16.7. The van der Waals surface area contributed by atoms with Gasteiger partial charge in [-0.1, -0.05) is 19.3 Å². The van der Waals surface area contributed by atoms with Crippen molar-refractivity contribution in [2.75, 3.05) is 32.7 Å². The first-order valence-corrected chi connectivity index (χ1v) is 9.51. The van der Waals surface area contributed by atoms with E-state index in [4.69, 9.17) is 0 Å². The number of likely N-dealkylation sites (tertiary alicyclic amines) is 1. The molecule has 0 bridgehead atoms. The van der Waals surface area contributed by atoms with Crippen molar-refractivity contribution in [2.45, 2.75) is 63.8 Å². The second-order valence-electron chi connectivity index (χ2n) is 7.53. The Labute approximate surface area is 139 Å². The average Bonchev–Trinajstić information content (AvgIpc) is 3.27. The minimum atomic E-state index is 0.0141. The molecule has 1 saturated heterocycles. The summed E-state index contributed by atoms with van der Waals surface area (Å²) in [5.41, 5.74) is 0. The standard InChI is InChI=1S/C18H31N3O2/c22-17(19-12-18(23)20-10-4-5-11-20)14-21(16-8-9-16)13-15-6-2-1-3-7-15/h15-16H,1-14H2,(H,19,22). The fourth-order valence-electron chi connectivity index (χ4n) is 3.98. The Hall–Kier alpha value is -1.10. The van der Waals surface area contributed by atoms with Gasteiger partial charge in [0.2, 0.25) is 11.8 Å². The van der Waals surface area contributed by atoms with Crippen LogP contribution in [0.1, 0.15) is 57.8 Å². The summed E-state index contributed by atoms with van der Waals surface area (Å²) < 4.78 is 0. The zero-order valence-electron chi connectivity index (χ0n) is 14.3. The fourth-order valence-corrected chi connectivity index (χ4v) is 3.98. The van der Waals surface area contributed by atoms with Crippen molar-refractivity contribution in [3.63, 3.8) is 0 Å². The van der Waals surface area contributed by atoms with Crippen molar-refractivity contribution in [3.05, 3.63) is 0 Å². The highest BCUT2D eigenvalue weighted by Gasteiger charge is 2.32. The molecule has 0 aromatic rings. The lowest BCUT2D eigenvalue weighted by atomic mass is 9.89. The number of amides is 2. The van der Waals surface area contributed by atoms with E-state index in [-0.39, 0.29) is 18.4 Å². The van der Waals surface area contributed by atoms with Crippen LogP contribution in [0, 0.1) is 5.92 Å². The normalized spacial score (nSPS) is 22.6. The molecular formula is C18H31N3O2. The zero-order chi connectivity index (χ0) is 16.1. The van der Waals surface area contributed by atoms with E-state index in [2.05, 4.69) is 10.2 Å². The van der Waals surface area contributed by atoms with Gasteiger partial charge in [-0.15, -0.1) is 0 Å². The maximum absolute atomic E-state index is 12.2. The van der Waals surface area contributed by atoms with Gasteiger partial charge >= 0.3 is 0 Å². The van der Waals surface area contributed by atoms with E-state index in [1.807, 2.05) is 4.90 Å². The summed E-state index contributed by atoms with van der Waals surface area (Å²) in [5, 5.41) is 2.84. The van der Waals surface area contributed by atoms with E-state index >= 15 is 0 Å². The maximum atomic E-state index is 12.2. The fraction of sp³-hybridized carbons (Fsp3) is 0.889. The van der Waals surface area contributed by atoms with E-state index in [1.54, 1.807) is 0 Å². The maximum Gasteiger partial charge on any atom is 0.241 e. The van der Waals surface area contributed by atoms with Gasteiger partial charge in [-0.2, -0.15) is 0 Å². The number of nitrogens with zero attached hydrogens (tertiary/aromatic N) is 2. The van der Waals surface area contributed by atoms with Crippen LogP contribution in [0.3, 0.4) is 0 Å². The van der Waals surface area contributed by atoms with E-state index in [1.165, 1.54) is 44.9 Å². The van der Waals surface area contributed by atoms with Crippen molar-refractivity contribution in [2.24, 2.45) is 5.92 Å². The molecule has 0 atom stereocenters. The predicted octanol–water partition coefficient (Wildman–Crippen LogP) is 1.77. The summed E-state index contributed by atoms with van der Waals surface area (Å²) in [6, 6.07) is 0.608. The van der Waals surface area contributed by atoms with Crippen LogP contribution in [0.15, 0.2) is 0 Å². The summed E-state index contributed by atoms with van der Waals surface area (Å²) >= 11 is 0. The summed E-state index contributed by atoms with van der Waals surface area (Å²) in [4.78, 5) is 28.4. The molecule has 5 heteroatoms. The van der Waals surface area contributed by atoms with Gasteiger partial charge in [-0.05, 0) is 44.4 Å². The Morgan fingerprint density at radius 2 is 1.65 bits per heavy atom. The molecule has 3 fully saturated rings. The van der Waals surface area contributed by atoms with Crippen molar-refractivity contribution in [1.29, 1.82) is 0 Å². The number of hydrogen-bond acceptors (Lipinski definition) is 3. The minimum absolute atomic E-state index is 0.0141.